The van der Waals surface area contributed by atoms with Gasteiger partial charge in [-0.2, -0.15) is 0 Å². The van der Waals surface area contributed by atoms with E-state index in [1.807, 2.05) is 27.7 Å². The van der Waals surface area contributed by atoms with E-state index < -0.39 is 0 Å². The molecule has 6 heteroatoms. The molecule has 0 aromatic heterocycles. The van der Waals surface area contributed by atoms with Crippen molar-refractivity contribution in [1.29, 1.82) is 0 Å². The second kappa shape index (κ2) is 9.79. The van der Waals surface area contributed by atoms with Crippen LogP contribution in [0.1, 0.15) is 79.1 Å². The number of carbonyl (C=O) groups is 2. The number of phenols is 2. The first kappa shape index (κ1) is 24.3. The van der Waals surface area contributed by atoms with Crippen molar-refractivity contribution in [2.24, 2.45) is 11.8 Å². The van der Waals surface area contributed by atoms with Gasteiger partial charge in [-0.3, -0.25) is 14.5 Å². The first-order valence-electron chi connectivity index (χ1n) is 12.4. The number of aromatic hydroxyl groups is 2. The summed E-state index contributed by atoms with van der Waals surface area (Å²) in [5.74, 6) is 0.330. The third-order valence-electron chi connectivity index (χ3n) is 7.24. The van der Waals surface area contributed by atoms with Crippen LogP contribution in [0.5, 0.6) is 11.5 Å². The zero-order valence-electron chi connectivity index (χ0n) is 20.7. The Balaban J connectivity index is 1.41. The highest BCUT2D eigenvalue weighted by atomic mass is 16.3. The van der Waals surface area contributed by atoms with E-state index in [4.69, 9.17) is 0 Å². The van der Waals surface area contributed by atoms with E-state index in [0.717, 1.165) is 43.6 Å². The van der Waals surface area contributed by atoms with Crippen LogP contribution in [0.25, 0.3) is 0 Å². The molecule has 1 saturated heterocycles. The lowest BCUT2D eigenvalue weighted by atomic mass is 9.87. The smallest absolute Gasteiger partial charge is 0.258 e. The Hall–Kier alpha value is -2.86. The molecule has 0 spiro atoms. The number of hydrogen-bond donors (Lipinski definition) is 2. The van der Waals surface area contributed by atoms with Gasteiger partial charge < -0.3 is 15.1 Å². The molecule has 2 aromatic carbocycles. The fraction of sp³-hybridized carbons (Fsp3) is 0.500. The molecule has 1 amide bonds. The van der Waals surface area contributed by atoms with Crippen molar-refractivity contribution in [3.8, 4) is 11.5 Å². The number of Topliss-reactive ketones (excluding diaryl/α,β-unsaturated/α-hetero) is 1. The van der Waals surface area contributed by atoms with Crippen molar-refractivity contribution >= 4 is 11.7 Å². The molecule has 2 aliphatic heterocycles. The van der Waals surface area contributed by atoms with Crippen LogP contribution in [0.2, 0.25) is 0 Å². The third-order valence-corrected chi connectivity index (χ3v) is 7.24. The molecular formula is C28H36N2O4. The van der Waals surface area contributed by atoms with E-state index in [9.17, 15) is 19.8 Å². The van der Waals surface area contributed by atoms with Gasteiger partial charge in [0, 0.05) is 37.5 Å². The number of likely N-dealkylation sites (tertiary alicyclic amines) is 1. The summed E-state index contributed by atoms with van der Waals surface area (Å²) in [7, 11) is 0. The van der Waals surface area contributed by atoms with Crippen molar-refractivity contribution in [2.75, 3.05) is 13.1 Å². The molecule has 0 atom stereocenters. The Morgan fingerprint density at radius 3 is 2.26 bits per heavy atom. The zero-order chi connectivity index (χ0) is 24.6. The Morgan fingerprint density at radius 2 is 1.62 bits per heavy atom. The normalized spacial score (nSPS) is 16.9. The molecule has 34 heavy (non-hydrogen) atoms. The molecule has 0 saturated carbocycles. The minimum Gasteiger partial charge on any atom is -0.508 e. The SMILES string of the molecule is CC(C)C(=O)C1CCN(Cc2ccc3c(c2)CN(C(=O)c2cc(C(C)C)c(O)cc2O)C3)CC1. The van der Waals surface area contributed by atoms with Gasteiger partial charge in [0.2, 0.25) is 0 Å². The average Bonchev–Trinajstić information content (AvgIpc) is 3.22. The molecule has 0 unspecified atom stereocenters. The summed E-state index contributed by atoms with van der Waals surface area (Å²) in [5.41, 5.74) is 4.36. The summed E-state index contributed by atoms with van der Waals surface area (Å²) in [4.78, 5) is 29.6. The minimum atomic E-state index is -0.228. The average molecular weight is 465 g/mol. The highest BCUT2D eigenvalue weighted by Gasteiger charge is 2.29. The molecule has 1 fully saturated rings. The van der Waals surface area contributed by atoms with Crippen molar-refractivity contribution in [2.45, 2.75) is 66.1 Å². The lowest BCUT2D eigenvalue weighted by Crippen LogP contribution is -2.37. The maximum Gasteiger partial charge on any atom is 0.258 e. The van der Waals surface area contributed by atoms with Crippen LogP contribution in [-0.4, -0.2) is 44.8 Å². The van der Waals surface area contributed by atoms with E-state index in [1.54, 1.807) is 11.0 Å². The van der Waals surface area contributed by atoms with Gasteiger partial charge in [-0.15, -0.1) is 0 Å². The maximum atomic E-state index is 13.2. The predicted molar refractivity (Wildman–Crippen MR) is 132 cm³/mol. The number of phenolic OH excluding ortho intramolecular Hbond substituents is 2. The van der Waals surface area contributed by atoms with Crippen LogP contribution in [0, 0.1) is 11.8 Å². The summed E-state index contributed by atoms with van der Waals surface area (Å²) in [6.07, 6.45) is 1.86. The van der Waals surface area contributed by atoms with Crippen LogP contribution in [0.3, 0.4) is 0 Å². The van der Waals surface area contributed by atoms with Crippen LogP contribution in [-0.2, 0) is 24.4 Å². The molecule has 2 N–H and O–H groups in total. The second-order valence-electron chi connectivity index (χ2n) is 10.5. The van der Waals surface area contributed by atoms with E-state index in [0.29, 0.717) is 24.4 Å². The predicted octanol–water partition coefficient (Wildman–Crippen LogP) is 4.81. The topological polar surface area (TPSA) is 81.1 Å². The second-order valence-corrected chi connectivity index (χ2v) is 10.5. The molecule has 2 heterocycles. The van der Waals surface area contributed by atoms with Gasteiger partial charge in [-0.25, -0.2) is 0 Å². The first-order chi connectivity index (χ1) is 16.1. The van der Waals surface area contributed by atoms with Gasteiger partial charge in [-0.05, 0) is 60.2 Å². The van der Waals surface area contributed by atoms with Crippen molar-refractivity contribution in [3.63, 3.8) is 0 Å². The molecule has 6 nitrogen and oxygen atoms in total. The maximum absolute atomic E-state index is 13.2. The van der Waals surface area contributed by atoms with Gasteiger partial charge in [0.1, 0.15) is 17.3 Å². The van der Waals surface area contributed by atoms with E-state index >= 15 is 0 Å². The van der Waals surface area contributed by atoms with Crippen LogP contribution < -0.4 is 0 Å². The zero-order valence-corrected chi connectivity index (χ0v) is 20.7. The molecule has 4 rings (SSSR count). The van der Waals surface area contributed by atoms with Crippen molar-refractivity contribution in [3.05, 3.63) is 58.1 Å². The van der Waals surface area contributed by atoms with Crippen molar-refractivity contribution < 1.29 is 19.8 Å². The lowest BCUT2D eigenvalue weighted by Gasteiger charge is -2.32. The summed E-state index contributed by atoms with van der Waals surface area (Å²) >= 11 is 0. The number of piperidine rings is 1. The van der Waals surface area contributed by atoms with Gasteiger partial charge in [0.25, 0.3) is 5.91 Å². The molecule has 0 bridgehead atoms. The first-order valence-corrected chi connectivity index (χ1v) is 12.4. The number of nitrogens with zero attached hydrogens (tertiary/aromatic N) is 2. The summed E-state index contributed by atoms with van der Waals surface area (Å²) < 4.78 is 0. The number of hydrogen-bond acceptors (Lipinski definition) is 5. The molecule has 182 valence electrons. The van der Waals surface area contributed by atoms with Crippen molar-refractivity contribution in [1.82, 2.24) is 9.80 Å². The van der Waals surface area contributed by atoms with Crippen LogP contribution >= 0.6 is 0 Å². The van der Waals surface area contributed by atoms with Gasteiger partial charge in [0.05, 0.1) is 5.56 Å². The minimum absolute atomic E-state index is 0.0102. The molecule has 0 radical (unpaired) electrons. The quantitative estimate of drug-likeness (QED) is 0.641. The summed E-state index contributed by atoms with van der Waals surface area (Å²) in [5, 5.41) is 20.4. The fourth-order valence-electron chi connectivity index (χ4n) is 5.19. The van der Waals surface area contributed by atoms with Gasteiger partial charge in [0.15, 0.2) is 0 Å². The van der Waals surface area contributed by atoms with Crippen LogP contribution in [0.4, 0.5) is 0 Å². The number of ketones is 1. The van der Waals surface area contributed by atoms with E-state index in [-0.39, 0.29) is 40.7 Å². The number of benzene rings is 2. The van der Waals surface area contributed by atoms with Gasteiger partial charge in [-0.1, -0.05) is 45.9 Å². The molecule has 2 aliphatic rings. The van der Waals surface area contributed by atoms with E-state index in [1.165, 1.54) is 11.6 Å². The van der Waals surface area contributed by atoms with Crippen LogP contribution in [0.15, 0.2) is 30.3 Å². The lowest BCUT2D eigenvalue weighted by molar-refractivity contribution is -0.127. The Bertz CT molecular complexity index is 1080. The molecular weight excluding hydrogens is 428 g/mol. The molecule has 0 aliphatic carbocycles. The number of rotatable bonds is 6. The van der Waals surface area contributed by atoms with E-state index in [2.05, 4.69) is 23.1 Å². The molecule has 2 aromatic rings. The number of fused-ring (bicyclic) bond motifs is 1. The number of carbonyl (C=O) groups excluding carboxylic acids is 2. The standard InChI is InChI=1S/C28H36N2O4/c1-17(2)23-12-24(26(32)13-25(23)31)28(34)30-15-21-6-5-19(11-22(21)16-30)14-29-9-7-20(8-10-29)27(33)18(3)4/h5-6,11-13,17-18,20,31-32H,7-10,14-16H2,1-4H3. The largest absolute Gasteiger partial charge is 0.508 e. The summed E-state index contributed by atoms with van der Waals surface area (Å²) in [6.45, 7) is 11.6. The Morgan fingerprint density at radius 1 is 0.941 bits per heavy atom. The Labute approximate surface area is 202 Å². The highest BCUT2D eigenvalue weighted by Crippen LogP contribution is 2.34. The Kier molecular flexibility index (Phi) is 6.99. The third kappa shape index (κ3) is 4.97. The highest BCUT2D eigenvalue weighted by molar-refractivity contribution is 5.97. The number of amides is 1. The monoisotopic (exact) mass is 464 g/mol. The van der Waals surface area contributed by atoms with Gasteiger partial charge >= 0.3 is 0 Å². The summed E-state index contributed by atoms with van der Waals surface area (Å²) in [6, 6.07) is 9.29. The fourth-order valence-corrected chi connectivity index (χ4v) is 5.19.